The zero-order valence-electron chi connectivity index (χ0n) is 11.2. The monoisotopic (exact) mass is 262 g/mol. The fraction of sp³-hybridized carbons (Fsp3) is 0.533. The van der Waals surface area contributed by atoms with Crippen molar-refractivity contribution in [3.05, 3.63) is 28.8 Å². The number of rotatable bonds is 2. The second-order valence-electron chi connectivity index (χ2n) is 5.59. The predicted octanol–water partition coefficient (Wildman–Crippen LogP) is 4.17. The van der Waals surface area contributed by atoms with Gasteiger partial charge in [-0.3, -0.25) is 0 Å². The fourth-order valence-corrected chi connectivity index (χ4v) is 3.00. The summed E-state index contributed by atoms with van der Waals surface area (Å²) >= 11 is 6.20. The highest BCUT2D eigenvalue weighted by molar-refractivity contribution is 6.31. The zero-order chi connectivity index (χ0) is 13.3. The average Bonchev–Trinajstić information content (AvgIpc) is 2.60. The summed E-state index contributed by atoms with van der Waals surface area (Å²) in [6, 6.07) is 8.52. The van der Waals surface area contributed by atoms with Gasteiger partial charge in [-0.1, -0.05) is 17.7 Å². The molecule has 0 spiro atoms. The van der Waals surface area contributed by atoms with Gasteiger partial charge in [-0.15, -0.1) is 0 Å². The number of anilines is 1. The van der Waals surface area contributed by atoms with Crippen LogP contribution in [0.5, 0.6) is 0 Å². The van der Waals surface area contributed by atoms with Gasteiger partial charge in [0.25, 0.3) is 0 Å². The number of hydrogen-bond donors (Lipinski definition) is 0. The molecular weight excluding hydrogens is 244 g/mol. The lowest BCUT2D eigenvalue weighted by Crippen LogP contribution is -2.42. The van der Waals surface area contributed by atoms with Crippen molar-refractivity contribution in [3.63, 3.8) is 0 Å². The third-order valence-electron chi connectivity index (χ3n) is 4.20. The molecule has 3 heteroatoms. The number of nitrogens with zero attached hydrogens (tertiary/aromatic N) is 2. The largest absolute Gasteiger partial charge is 0.366 e. The molecule has 1 aliphatic heterocycles. The van der Waals surface area contributed by atoms with E-state index in [-0.39, 0.29) is 5.54 Å². The summed E-state index contributed by atoms with van der Waals surface area (Å²) in [6.45, 7) is 7.45. The molecule has 0 N–H and O–H groups in total. The SMILES string of the molecule is Cc1ccc(N2CCC(CC#N)C2(C)C)cc1Cl. The van der Waals surface area contributed by atoms with Crippen LogP contribution in [0.4, 0.5) is 5.69 Å². The minimum absolute atomic E-state index is 0.0221. The molecule has 1 heterocycles. The lowest BCUT2D eigenvalue weighted by atomic mass is 9.86. The van der Waals surface area contributed by atoms with Crippen molar-refractivity contribution in [2.45, 2.75) is 39.2 Å². The second-order valence-corrected chi connectivity index (χ2v) is 5.99. The third-order valence-corrected chi connectivity index (χ3v) is 4.61. The molecule has 1 aromatic carbocycles. The van der Waals surface area contributed by atoms with Crippen molar-refractivity contribution in [2.75, 3.05) is 11.4 Å². The van der Waals surface area contributed by atoms with Crippen LogP contribution in [0, 0.1) is 24.2 Å². The van der Waals surface area contributed by atoms with Gasteiger partial charge in [-0.2, -0.15) is 5.26 Å². The summed E-state index contributed by atoms with van der Waals surface area (Å²) in [6.07, 6.45) is 1.70. The summed E-state index contributed by atoms with van der Waals surface area (Å²) in [5, 5.41) is 9.72. The quantitative estimate of drug-likeness (QED) is 0.800. The van der Waals surface area contributed by atoms with Gasteiger partial charge >= 0.3 is 0 Å². The average molecular weight is 263 g/mol. The third kappa shape index (κ3) is 2.20. The molecule has 0 bridgehead atoms. The molecule has 1 atom stereocenters. The first-order valence-electron chi connectivity index (χ1n) is 6.37. The highest BCUT2D eigenvalue weighted by Gasteiger charge is 2.41. The van der Waals surface area contributed by atoms with Gasteiger partial charge < -0.3 is 4.90 Å². The van der Waals surface area contributed by atoms with Crippen molar-refractivity contribution in [1.82, 2.24) is 0 Å². The van der Waals surface area contributed by atoms with Gasteiger partial charge in [0, 0.05) is 29.2 Å². The first-order valence-corrected chi connectivity index (χ1v) is 6.75. The van der Waals surface area contributed by atoms with E-state index in [1.165, 1.54) is 0 Å². The maximum Gasteiger partial charge on any atom is 0.0625 e. The lowest BCUT2D eigenvalue weighted by molar-refractivity contribution is 0.371. The molecule has 0 amide bonds. The van der Waals surface area contributed by atoms with Crippen LogP contribution in [0.25, 0.3) is 0 Å². The Kier molecular flexibility index (Phi) is 3.54. The highest BCUT2D eigenvalue weighted by atomic mass is 35.5. The molecule has 1 fully saturated rings. The molecule has 0 radical (unpaired) electrons. The van der Waals surface area contributed by atoms with E-state index in [9.17, 15) is 0 Å². The Morgan fingerprint density at radius 2 is 2.22 bits per heavy atom. The molecule has 2 nitrogen and oxygen atoms in total. The normalized spacial score (nSPS) is 21.9. The van der Waals surface area contributed by atoms with E-state index in [1.807, 2.05) is 13.0 Å². The molecule has 0 aliphatic carbocycles. The smallest absolute Gasteiger partial charge is 0.0625 e. The van der Waals surface area contributed by atoms with Crippen LogP contribution in [-0.2, 0) is 0 Å². The van der Waals surface area contributed by atoms with E-state index in [0.717, 1.165) is 29.2 Å². The number of aryl methyl sites for hydroxylation is 1. The van der Waals surface area contributed by atoms with Gasteiger partial charge in [-0.25, -0.2) is 0 Å². The molecule has 18 heavy (non-hydrogen) atoms. The Labute approximate surface area is 114 Å². The second kappa shape index (κ2) is 4.82. The van der Waals surface area contributed by atoms with E-state index >= 15 is 0 Å². The fourth-order valence-electron chi connectivity index (χ4n) is 2.82. The van der Waals surface area contributed by atoms with Crippen LogP contribution in [0.3, 0.4) is 0 Å². The summed E-state index contributed by atoms with van der Waals surface area (Å²) in [5.41, 5.74) is 2.29. The number of benzene rings is 1. The first-order chi connectivity index (χ1) is 8.46. The number of nitriles is 1. The summed E-state index contributed by atoms with van der Waals surface area (Å²) in [5.74, 6) is 0.433. The molecule has 2 rings (SSSR count). The minimum atomic E-state index is 0.0221. The van der Waals surface area contributed by atoms with Crippen molar-refractivity contribution >= 4 is 17.3 Å². The molecular formula is C15H19ClN2. The van der Waals surface area contributed by atoms with Crippen LogP contribution < -0.4 is 4.90 Å². The zero-order valence-corrected chi connectivity index (χ0v) is 12.0. The molecule has 1 aromatic rings. The standard InChI is InChI=1S/C15H19ClN2/c1-11-4-5-13(10-14(11)16)18-9-7-12(6-8-17)15(18,2)3/h4-5,10,12H,6-7,9H2,1-3H3. The van der Waals surface area contributed by atoms with E-state index in [4.69, 9.17) is 16.9 Å². The van der Waals surface area contributed by atoms with Crippen molar-refractivity contribution in [1.29, 1.82) is 5.26 Å². The topological polar surface area (TPSA) is 27.0 Å². The Bertz CT molecular complexity index is 488. The Morgan fingerprint density at radius 3 is 2.83 bits per heavy atom. The van der Waals surface area contributed by atoms with E-state index in [0.29, 0.717) is 12.3 Å². The molecule has 0 saturated carbocycles. The van der Waals surface area contributed by atoms with Crippen molar-refractivity contribution in [3.8, 4) is 6.07 Å². The molecule has 1 aliphatic rings. The van der Waals surface area contributed by atoms with Crippen LogP contribution in [0.15, 0.2) is 18.2 Å². The summed E-state index contributed by atoms with van der Waals surface area (Å²) in [4.78, 5) is 2.38. The number of hydrogen-bond acceptors (Lipinski definition) is 2. The Hall–Kier alpha value is -1.20. The number of halogens is 1. The molecule has 96 valence electrons. The van der Waals surface area contributed by atoms with Gasteiger partial charge in [0.2, 0.25) is 0 Å². The van der Waals surface area contributed by atoms with E-state index in [1.54, 1.807) is 0 Å². The molecule has 1 saturated heterocycles. The maximum atomic E-state index is 8.91. The van der Waals surface area contributed by atoms with Crippen molar-refractivity contribution in [2.24, 2.45) is 5.92 Å². The minimum Gasteiger partial charge on any atom is -0.366 e. The highest BCUT2D eigenvalue weighted by Crippen LogP contribution is 2.40. The van der Waals surface area contributed by atoms with Crippen LogP contribution in [0.1, 0.15) is 32.3 Å². The van der Waals surface area contributed by atoms with Gasteiger partial charge in [0.05, 0.1) is 6.07 Å². The molecule has 0 aromatic heterocycles. The van der Waals surface area contributed by atoms with Gasteiger partial charge in [-0.05, 0) is 50.8 Å². The maximum absolute atomic E-state index is 8.91. The summed E-state index contributed by atoms with van der Waals surface area (Å²) < 4.78 is 0. The first kappa shape index (κ1) is 13.2. The van der Waals surface area contributed by atoms with E-state index < -0.39 is 0 Å². The van der Waals surface area contributed by atoms with Crippen LogP contribution in [-0.4, -0.2) is 12.1 Å². The Morgan fingerprint density at radius 1 is 1.50 bits per heavy atom. The van der Waals surface area contributed by atoms with E-state index in [2.05, 4.69) is 36.9 Å². The van der Waals surface area contributed by atoms with Crippen LogP contribution >= 0.6 is 11.6 Å². The predicted molar refractivity (Wildman–Crippen MR) is 76.0 cm³/mol. The van der Waals surface area contributed by atoms with Gasteiger partial charge in [0.1, 0.15) is 0 Å². The van der Waals surface area contributed by atoms with Crippen LogP contribution in [0.2, 0.25) is 5.02 Å². The lowest BCUT2D eigenvalue weighted by Gasteiger charge is -2.37. The summed E-state index contributed by atoms with van der Waals surface area (Å²) in [7, 11) is 0. The molecule has 1 unspecified atom stereocenters. The van der Waals surface area contributed by atoms with Gasteiger partial charge in [0.15, 0.2) is 0 Å². The van der Waals surface area contributed by atoms with Crippen molar-refractivity contribution < 1.29 is 0 Å². The Balaban J connectivity index is 2.29.